The largest absolute Gasteiger partial charge is 0.378 e. The fourth-order valence-electron chi connectivity index (χ4n) is 3.81. The van der Waals surface area contributed by atoms with Gasteiger partial charge in [0.15, 0.2) is 0 Å². The van der Waals surface area contributed by atoms with Gasteiger partial charge >= 0.3 is 0 Å². The molecule has 2 aliphatic rings. The number of carbonyl (C=O) groups excluding carboxylic acids is 1. The summed E-state index contributed by atoms with van der Waals surface area (Å²) in [6.07, 6.45) is 1.54. The molecule has 2 saturated heterocycles. The highest BCUT2D eigenvalue weighted by Crippen LogP contribution is 2.30. The van der Waals surface area contributed by atoms with Gasteiger partial charge in [0.1, 0.15) is 17.8 Å². The summed E-state index contributed by atoms with van der Waals surface area (Å²) in [6, 6.07) is 6.68. The first-order valence-corrected chi connectivity index (χ1v) is 9.97. The van der Waals surface area contributed by atoms with Gasteiger partial charge in [-0.25, -0.2) is 9.97 Å². The number of amides is 1. The number of benzene rings is 1. The number of anilines is 2. The van der Waals surface area contributed by atoms with Gasteiger partial charge in [0.2, 0.25) is 0 Å². The summed E-state index contributed by atoms with van der Waals surface area (Å²) in [5, 5.41) is 11.6. The first-order valence-electron chi connectivity index (χ1n) is 9.97. The second-order valence-electron chi connectivity index (χ2n) is 7.36. The molecule has 1 aromatic carbocycles. The van der Waals surface area contributed by atoms with E-state index >= 15 is 0 Å². The minimum Gasteiger partial charge on any atom is -0.378 e. The molecule has 0 N–H and O–H groups in total. The van der Waals surface area contributed by atoms with Crippen LogP contribution in [0.4, 0.5) is 17.2 Å². The van der Waals surface area contributed by atoms with Crippen molar-refractivity contribution >= 4 is 23.1 Å². The number of nitro groups is 1. The lowest BCUT2D eigenvalue weighted by atomic mass is 10.1. The highest BCUT2D eigenvalue weighted by atomic mass is 16.6. The Balaban J connectivity index is 1.47. The average Bonchev–Trinajstić information content (AvgIpc) is 2.79. The maximum atomic E-state index is 13.0. The van der Waals surface area contributed by atoms with Crippen LogP contribution in [-0.4, -0.2) is 78.2 Å². The predicted molar refractivity (Wildman–Crippen MR) is 111 cm³/mol. The highest BCUT2D eigenvalue weighted by molar-refractivity contribution is 5.96. The molecule has 0 unspecified atom stereocenters. The number of hydrogen-bond acceptors (Lipinski definition) is 8. The average molecular weight is 412 g/mol. The Morgan fingerprint density at radius 3 is 2.43 bits per heavy atom. The van der Waals surface area contributed by atoms with Crippen molar-refractivity contribution in [3.8, 4) is 0 Å². The standard InChI is InChI=1S/C20H24N6O4/c1-15-12-19(22-14-21-15)24-4-6-25(7-5-24)20(27)16-2-3-17(18(13-16)26(28)29)23-8-10-30-11-9-23/h2-3,12-14H,4-11H2,1H3. The van der Waals surface area contributed by atoms with Crippen LogP contribution in [-0.2, 0) is 4.74 Å². The van der Waals surface area contributed by atoms with Gasteiger partial charge in [0.25, 0.3) is 11.6 Å². The van der Waals surface area contributed by atoms with E-state index in [1.165, 1.54) is 12.4 Å². The van der Waals surface area contributed by atoms with Crippen LogP contribution in [0.3, 0.4) is 0 Å². The molecule has 0 atom stereocenters. The van der Waals surface area contributed by atoms with Crippen molar-refractivity contribution in [2.75, 3.05) is 62.3 Å². The number of nitrogens with zero attached hydrogens (tertiary/aromatic N) is 6. The molecular formula is C20H24N6O4. The van der Waals surface area contributed by atoms with Gasteiger partial charge in [0, 0.05) is 62.7 Å². The third-order valence-corrected chi connectivity index (χ3v) is 5.45. The topological polar surface area (TPSA) is 105 Å². The molecule has 0 saturated carbocycles. The number of ether oxygens (including phenoxy) is 1. The second kappa shape index (κ2) is 8.62. The zero-order valence-electron chi connectivity index (χ0n) is 16.9. The van der Waals surface area contributed by atoms with Gasteiger partial charge < -0.3 is 19.4 Å². The molecule has 2 aliphatic heterocycles. The lowest BCUT2D eigenvalue weighted by Crippen LogP contribution is -2.49. The minimum absolute atomic E-state index is 0.0437. The van der Waals surface area contributed by atoms with E-state index in [1.807, 2.05) is 17.9 Å². The Bertz CT molecular complexity index is 939. The van der Waals surface area contributed by atoms with Crippen LogP contribution in [0.5, 0.6) is 0 Å². The third-order valence-electron chi connectivity index (χ3n) is 5.45. The minimum atomic E-state index is -0.420. The molecule has 10 heteroatoms. The number of hydrogen-bond donors (Lipinski definition) is 0. The molecule has 3 heterocycles. The van der Waals surface area contributed by atoms with Crippen LogP contribution in [0.25, 0.3) is 0 Å². The monoisotopic (exact) mass is 412 g/mol. The molecule has 2 fully saturated rings. The summed E-state index contributed by atoms with van der Waals surface area (Å²) >= 11 is 0. The Morgan fingerprint density at radius 2 is 1.77 bits per heavy atom. The maximum absolute atomic E-state index is 13.0. The van der Waals surface area contributed by atoms with E-state index in [-0.39, 0.29) is 11.6 Å². The van der Waals surface area contributed by atoms with Gasteiger partial charge in [-0.3, -0.25) is 14.9 Å². The fourth-order valence-corrected chi connectivity index (χ4v) is 3.81. The fraction of sp³-hybridized carbons (Fsp3) is 0.450. The molecule has 0 aliphatic carbocycles. The van der Waals surface area contributed by atoms with Crippen molar-refractivity contribution in [2.45, 2.75) is 6.92 Å². The van der Waals surface area contributed by atoms with Crippen molar-refractivity contribution in [3.63, 3.8) is 0 Å². The molecule has 10 nitrogen and oxygen atoms in total. The summed E-state index contributed by atoms with van der Waals surface area (Å²) in [6.45, 7) is 6.53. The van der Waals surface area contributed by atoms with E-state index in [4.69, 9.17) is 4.74 Å². The summed E-state index contributed by atoms with van der Waals surface area (Å²) in [5.41, 5.74) is 1.72. The zero-order valence-corrected chi connectivity index (χ0v) is 16.9. The van der Waals surface area contributed by atoms with Gasteiger partial charge in [0.05, 0.1) is 18.1 Å². The van der Waals surface area contributed by atoms with Crippen molar-refractivity contribution < 1.29 is 14.5 Å². The van der Waals surface area contributed by atoms with Crippen LogP contribution < -0.4 is 9.80 Å². The van der Waals surface area contributed by atoms with Gasteiger partial charge in [-0.15, -0.1) is 0 Å². The summed E-state index contributed by atoms with van der Waals surface area (Å²) in [4.78, 5) is 38.4. The van der Waals surface area contributed by atoms with Crippen LogP contribution in [0.2, 0.25) is 0 Å². The zero-order chi connectivity index (χ0) is 21.1. The molecule has 4 rings (SSSR count). The van der Waals surface area contributed by atoms with Gasteiger partial charge in [-0.05, 0) is 19.1 Å². The normalized spacial score (nSPS) is 17.2. The molecule has 158 valence electrons. The van der Waals surface area contributed by atoms with Crippen LogP contribution in [0.1, 0.15) is 16.1 Å². The van der Waals surface area contributed by atoms with Crippen molar-refractivity contribution in [2.24, 2.45) is 0 Å². The SMILES string of the molecule is Cc1cc(N2CCN(C(=O)c3ccc(N4CCOCC4)c([N+](=O)[O-])c3)CC2)ncn1. The molecule has 0 bridgehead atoms. The summed E-state index contributed by atoms with van der Waals surface area (Å²) in [7, 11) is 0. The molecular weight excluding hydrogens is 388 g/mol. The second-order valence-corrected chi connectivity index (χ2v) is 7.36. The summed E-state index contributed by atoms with van der Waals surface area (Å²) in [5.74, 6) is 0.658. The molecule has 1 aromatic heterocycles. The number of nitro benzene ring substituents is 1. The van der Waals surface area contributed by atoms with E-state index in [0.29, 0.717) is 63.7 Å². The van der Waals surface area contributed by atoms with Gasteiger partial charge in [-0.1, -0.05) is 0 Å². The number of piperazine rings is 1. The van der Waals surface area contributed by atoms with Crippen LogP contribution in [0.15, 0.2) is 30.6 Å². The Hall–Kier alpha value is -3.27. The lowest BCUT2D eigenvalue weighted by molar-refractivity contribution is -0.384. The highest BCUT2D eigenvalue weighted by Gasteiger charge is 2.27. The van der Waals surface area contributed by atoms with Gasteiger partial charge in [-0.2, -0.15) is 0 Å². The quantitative estimate of drug-likeness (QED) is 0.549. The number of aryl methyl sites for hydroxylation is 1. The van der Waals surface area contributed by atoms with Crippen molar-refractivity contribution in [1.29, 1.82) is 0 Å². The van der Waals surface area contributed by atoms with Crippen molar-refractivity contribution in [1.82, 2.24) is 14.9 Å². The number of aromatic nitrogens is 2. The lowest BCUT2D eigenvalue weighted by Gasteiger charge is -2.35. The van der Waals surface area contributed by atoms with E-state index in [2.05, 4.69) is 14.9 Å². The van der Waals surface area contributed by atoms with E-state index in [1.54, 1.807) is 17.0 Å². The van der Waals surface area contributed by atoms with E-state index in [9.17, 15) is 14.9 Å². The molecule has 1 amide bonds. The Morgan fingerprint density at radius 1 is 1.03 bits per heavy atom. The first kappa shape index (κ1) is 20.0. The predicted octanol–water partition coefficient (Wildman–Crippen LogP) is 1.49. The smallest absolute Gasteiger partial charge is 0.293 e. The summed E-state index contributed by atoms with van der Waals surface area (Å²) < 4.78 is 5.33. The number of carbonyl (C=O) groups is 1. The maximum Gasteiger partial charge on any atom is 0.293 e. The third kappa shape index (κ3) is 4.18. The number of morpholine rings is 1. The van der Waals surface area contributed by atoms with Crippen molar-refractivity contribution in [3.05, 3.63) is 52.0 Å². The molecule has 0 spiro atoms. The Kier molecular flexibility index (Phi) is 5.75. The molecule has 30 heavy (non-hydrogen) atoms. The number of rotatable bonds is 4. The molecule has 0 radical (unpaired) electrons. The van der Waals surface area contributed by atoms with Crippen LogP contribution in [0, 0.1) is 17.0 Å². The Labute approximate surface area is 174 Å². The van der Waals surface area contributed by atoms with Crippen LogP contribution >= 0.6 is 0 Å². The first-order chi connectivity index (χ1) is 14.5. The van der Waals surface area contributed by atoms with E-state index in [0.717, 1.165) is 11.5 Å². The van der Waals surface area contributed by atoms with E-state index < -0.39 is 4.92 Å². The molecule has 2 aromatic rings.